The van der Waals surface area contributed by atoms with Crippen molar-refractivity contribution in [1.29, 1.82) is 0 Å². The zero-order valence-electron chi connectivity index (χ0n) is 19.0. The van der Waals surface area contributed by atoms with Crippen molar-refractivity contribution < 1.29 is 38.7 Å². The third-order valence-corrected chi connectivity index (χ3v) is 4.98. The number of anilines is 2. The molecule has 0 aliphatic carbocycles. The van der Waals surface area contributed by atoms with E-state index in [1.165, 1.54) is 33.5 Å². The molecule has 2 N–H and O–H groups in total. The molecule has 9 heteroatoms. The van der Waals surface area contributed by atoms with E-state index in [2.05, 4.69) is 4.74 Å². The van der Waals surface area contributed by atoms with Gasteiger partial charge in [0.1, 0.15) is 0 Å². The van der Waals surface area contributed by atoms with Crippen molar-refractivity contribution in [2.24, 2.45) is 0 Å². The zero-order valence-corrected chi connectivity index (χ0v) is 19.0. The van der Waals surface area contributed by atoms with Crippen LogP contribution in [0.25, 0.3) is 0 Å². The van der Waals surface area contributed by atoms with Crippen LogP contribution in [-0.2, 0) is 9.53 Å². The van der Waals surface area contributed by atoms with Gasteiger partial charge in [-0.3, -0.25) is 4.79 Å². The lowest BCUT2D eigenvalue weighted by atomic mass is 10.1. The molecule has 3 aromatic rings. The summed E-state index contributed by atoms with van der Waals surface area (Å²) in [7, 11) is 4.04. The Kier molecular flexibility index (Phi) is 7.81. The summed E-state index contributed by atoms with van der Waals surface area (Å²) in [6.07, 6.45) is 0.0860. The van der Waals surface area contributed by atoms with Crippen LogP contribution in [0.5, 0.6) is 28.7 Å². The lowest BCUT2D eigenvalue weighted by Gasteiger charge is -2.32. The Hall–Kier alpha value is -4.40. The second-order valence-corrected chi connectivity index (χ2v) is 7.05. The van der Waals surface area contributed by atoms with Gasteiger partial charge in [0.15, 0.2) is 23.0 Å². The van der Waals surface area contributed by atoms with E-state index in [0.717, 1.165) is 22.9 Å². The number of carboxylic acid groups (broad SMARTS) is 1. The van der Waals surface area contributed by atoms with Crippen LogP contribution >= 0.6 is 0 Å². The molecule has 0 atom stereocenters. The Bertz CT molecular complexity index is 1110. The number of hydrogen-bond acceptors (Lipinski definition) is 8. The van der Waals surface area contributed by atoms with E-state index >= 15 is 0 Å². The molecule has 0 spiro atoms. The number of ether oxygens (including phenoxy) is 4. The largest absolute Gasteiger partial charge is 0.502 e. The molecular formula is C25H25NO8. The van der Waals surface area contributed by atoms with Gasteiger partial charge in [0, 0.05) is 6.54 Å². The maximum absolute atomic E-state index is 11.2. The molecule has 0 radical (unpaired) electrons. The maximum atomic E-state index is 11.2. The minimum atomic E-state index is -0.804. The van der Waals surface area contributed by atoms with Gasteiger partial charge in [0.05, 0.1) is 44.7 Å². The SMILES string of the molecule is COC(=O)c1cc(OC)c(O)c(OC)c1.O=C(O)CCN1c2ccccc2Oc2ccccc21. The summed E-state index contributed by atoms with van der Waals surface area (Å²) in [5.74, 6) is 0.364. The monoisotopic (exact) mass is 467 g/mol. The van der Waals surface area contributed by atoms with Gasteiger partial charge >= 0.3 is 11.9 Å². The van der Waals surface area contributed by atoms with Crippen LogP contribution in [0.15, 0.2) is 60.7 Å². The predicted molar refractivity (Wildman–Crippen MR) is 125 cm³/mol. The lowest BCUT2D eigenvalue weighted by molar-refractivity contribution is -0.136. The number of carboxylic acids is 1. The Balaban J connectivity index is 0.000000197. The van der Waals surface area contributed by atoms with Crippen molar-refractivity contribution in [1.82, 2.24) is 0 Å². The van der Waals surface area contributed by atoms with Crippen LogP contribution in [0.1, 0.15) is 16.8 Å². The fraction of sp³-hybridized carbons (Fsp3) is 0.200. The van der Waals surface area contributed by atoms with E-state index in [1.54, 1.807) is 0 Å². The molecule has 178 valence electrons. The summed E-state index contributed by atoms with van der Waals surface area (Å²) >= 11 is 0. The predicted octanol–water partition coefficient (Wildman–Crippen LogP) is 4.60. The Morgan fingerprint density at radius 2 is 1.38 bits per heavy atom. The van der Waals surface area contributed by atoms with Crippen LogP contribution in [-0.4, -0.2) is 50.0 Å². The van der Waals surface area contributed by atoms with Crippen LogP contribution in [0.3, 0.4) is 0 Å². The van der Waals surface area contributed by atoms with E-state index < -0.39 is 11.9 Å². The molecule has 0 bridgehead atoms. The second kappa shape index (κ2) is 11.0. The molecule has 0 saturated heterocycles. The number of nitrogens with zero attached hydrogens (tertiary/aromatic N) is 1. The standard InChI is InChI=1S/C15H13NO3.C10H12O5/c17-15(18)9-10-16-11-5-1-3-7-13(11)19-14-8-4-2-6-12(14)16;1-13-7-4-6(10(12)15-3)5-8(14-2)9(7)11/h1-8H,9-10H2,(H,17,18);4-5,11H,1-3H3. The summed E-state index contributed by atoms with van der Waals surface area (Å²) in [6.45, 7) is 0.423. The summed E-state index contributed by atoms with van der Waals surface area (Å²) in [4.78, 5) is 24.0. The molecule has 1 aliphatic heterocycles. The first kappa shape index (κ1) is 24.2. The first-order valence-electron chi connectivity index (χ1n) is 10.3. The van der Waals surface area contributed by atoms with Crippen LogP contribution in [0.4, 0.5) is 11.4 Å². The third kappa shape index (κ3) is 5.32. The molecule has 0 saturated carbocycles. The highest BCUT2D eigenvalue weighted by atomic mass is 16.5. The van der Waals surface area contributed by atoms with Crippen molar-refractivity contribution in [3.63, 3.8) is 0 Å². The zero-order chi connectivity index (χ0) is 24.7. The van der Waals surface area contributed by atoms with Crippen molar-refractivity contribution in [2.45, 2.75) is 6.42 Å². The number of methoxy groups -OCH3 is 3. The van der Waals surface area contributed by atoms with Crippen LogP contribution in [0, 0.1) is 0 Å². The minimum absolute atomic E-state index is 0.0860. The smallest absolute Gasteiger partial charge is 0.338 e. The van der Waals surface area contributed by atoms with Gasteiger partial charge in [0.25, 0.3) is 0 Å². The average molecular weight is 467 g/mol. The Morgan fingerprint density at radius 3 is 1.82 bits per heavy atom. The summed E-state index contributed by atoms with van der Waals surface area (Å²) in [5.41, 5.74) is 2.06. The van der Waals surface area contributed by atoms with Crippen molar-refractivity contribution in [2.75, 3.05) is 32.8 Å². The maximum Gasteiger partial charge on any atom is 0.338 e. The van der Waals surface area contributed by atoms with Gasteiger partial charge in [-0.2, -0.15) is 0 Å². The molecular weight excluding hydrogens is 442 g/mol. The quantitative estimate of drug-likeness (QED) is 0.502. The highest BCUT2D eigenvalue weighted by molar-refractivity contribution is 5.91. The molecule has 1 aliphatic rings. The normalized spacial score (nSPS) is 11.1. The first-order chi connectivity index (χ1) is 16.4. The Morgan fingerprint density at radius 1 is 0.882 bits per heavy atom. The number of esters is 1. The van der Waals surface area contributed by atoms with E-state index in [1.807, 2.05) is 53.4 Å². The van der Waals surface area contributed by atoms with Gasteiger partial charge in [-0.05, 0) is 36.4 Å². The number of fused-ring (bicyclic) bond motifs is 2. The number of rotatable bonds is 6. The number of benzene rings is 3. The van der Waals surface area contributed by atoms with Gasteiger partial charge in [-0.15, -0.1) is 0 Å². The number of phenolic OH excluding ortho intramolecular Hbond substituents is 1. The minimum Gasteiger partial charge on any atom is -0.502 e. The molecule has 9 nitrogen and oxygen atoms in total. The molecule has 0 fully saturated rings. The number of hydrogen-bond donors (Lipinski definition) is 2. The van der Waals surface area contributed by atoms with Gasteiger partial charge in [0.2, 0.25) is 5.75 Å². The molecule has 0 unspecified atom stereocenters. The lowest BCUT2D eigenvalue weighted by Crippen LogP contribution is -2.24. The van der Waals surface area contributed by atoms with Crippen LogP contribution in [0.2, 0.25) is 0 Å². The van der Waals surface area contributed by atoms with Crippen molar-refractivity contribution in [3.8, 4) is 28.7 Å². The van der Waals surface area contributed by atoms with Gasteiger partial charge in [-0.1, -0.05) is 24.3 Å². The van der Waals surface area contributed by atoms with Crippen LogP contribution < -0.4 is 19.1 Å². The number of para-hydroxylation sites is 4. The number of aromatic hydroxyl groups is 1. The Labute approximate surface area is 196 Å². The second-order valence-electron chi connectivity index (χ2n) is 7.05. The molecule has 34 heavy (non-hydrogen) atoms. The molecule has 3 aromatic carbocycles. The van der Waals surface area contributed by atoms with E-state index in [4.69, 9.17) is 19.3 Å². The van der Waals surface area contributed by atoms with Gasteiger partial charge < -0.3 is 34.1 Å². The van der Waals surface area contributed by atoms with Crippen molar-refractivity contribution >= 4 is 23.3 Å². The van der Waals surface area contributed by atoms with E-state index in [0.29, 0.717) is 6.54 Å². The molecule has 0 aromatic heterocycles. The number of phenols is 1. The molecule has 4 rings (SSSR count). The van der Waals surface area contributed by atoms with E-state index in [-0.39, 0.29) is 29.2 Å². The number of carbonyl (C=O) groups excluding carboxylic acids is 1. The highest BCUT2D eigenvalue weighted by Gasteiger charge is 2.23. The summed E-state index contributed by atoms with van der Waals surface area (Å²) < 4.78 is 20.1. The average Bonchev–Trinajstić information content (AvgIpc) is 2.86. The molecule has 1 heterocycles. The third-order valence-electron chi connectivity index (χ3n) is 4.98. The van der Waals surface area contributed by atoms with Gasteiger partial charge in [-0.25, -0.2) is 4.79 Å². The highest BCUT2D eigenvalue weighted by Crippen LogP contribution is 2.46. The summed E-state index contributed by atoms with van der Waals surface area (Å²) in [5, 5.41) is 18.4. The number of aliphatic carboxylic acids is 1. The fourth-order valence-corrected chi connectivity index (χ4v) is 3.36. The number of carbonyl (C=O) groups is 2. The molecule has 0 amide bonds. The fourth-order valence-electron chi connectivity index (χ4n) is 3.36. The first-order valence-corrected chi connectivity index (χ1v) is 10.3. The van der Waals surface area contributed by atoms with E-state index in [9.17, 15) is 14.7 Å². The topological polar surface area (TPSA) is 115 Å². The van der Waals surface area contributed by atoms with Crippen molar-refractivity contribution in [3.05, 3.63) is 66.2 Å². The summed E-state index contributed by atoms with van der Waals surface area (Å²) in [6, 6.07) is 18.1.